The number of benzene rings is 2. The van der Waals surface area contributed by atoms with Crippen LogP contribution in [0.15, 0.2) is 60.7 Å². The number of hydrogen-bond acceptors (Lipinski definition) is 1. The fourth-order valence-electron chi connectivity index (χ4n) is 3.91. The first-order valence-corrected chi connectivity index (χ1v) is 11.4. The fourth-order valence-corrected chi connectivity index (χ4v) is 6.81. The Bertz CT molecular complexity index is 634. The van der Waals surface area contributed by atoms with Crippen LogP contribution >= 0.6 is 7.29 Å². The third-order valence-corrected chi connectivity index (χ3v) is 8.61. The van der Waals surface area contributed by atoms with E-state index in [0.717, 1.165) is 29.6 Å². The molecule has 0 spiro atoms. The van der Waals surface area contributed by atoms with Gasteiger partial charge in [0.1, 0.15) is 0 Å². The highest BCUT2D eigenvalue weighted by atomic mass is 31.2. The van der Waals surface area contributed by atoms with Crippen molar-refractivity contribution in [3.05, 3.63) is 60.7 Å². The first kappa shape index (κ1) is 18.4. The van der Waals surface area contributed by atoms with E-state index in [1.807, 2.05) is 60.7 Å². The van der Waals surface area contributed by atoms with Crippen LogP contribution < -0.4 is 10.6 Å². The minimum atomic E-state index is -2.72. The minimum Gasteiger partial charge on any atom is -0.296 e. The summed E-state index contributed by atoms with van der Waals surface area (Å²) < 4.78 is 16.5. The van der Waals surface area contributed by atoms with Gasteiger partial charge in [-0.1, -0.05) is 69.0 Å². The zero-order valence-corrected chi connectivity index (χ0v) is 16.2. The van der Waals surface area contributed by atoms with Crippen LogP contribution in [0, 0.1) is 5.92 Å². The quantitative estimate of drug-likeness (QED) is 0.502. The van der Waals surface area contributed by atoms with Gasteiger partial charge in [0.05, 0.1) is 0 Å². The first-order valence-electron chi connectivity index (χ1n) is 9.72. The van der Waals surface area contributed by atoms with E-state index in [1.165, 1.54) is 38.5 Å². The summed E-state index contributed by atoms with van der Waals surface area (Å²) in [6.07, 6.45) is 7.66. The van der Waals surface area contributed by atoms with Gasteiger partial charge in [0, 0.05) is 23.7 Å². The molecule has 1 heterocycles. The van der Waals surface area contributed by atoms with Gasteiger partial charge in [0.25, 0.3) is 0 Å². The van der Waals surface area contributed by atoms with Crippen molar-refractivity contribution in [2.45, 2.75) is 45.4 Å². The predicted octanol–water partition coefficient (Wildman–Crippen LogP) is 5.21. The second-order valence-corrected chi connectivity index (χ2v) is 9.89. The van der Waals surface area contributed by atoms with Crippen molar-refractivity contribution in [2.24, 2.45) is 5.92 Å². The smallest absolute Gasteiger partial charge is 0.207 e. The minimum absolute atomic E-state index is 0.808. The van der Waals surface area contributed by atoms with Crippen LogP contribution in [-0.4, -0.2) is 17.8 Å². The molecule has 0 radical (unpaired) electrons. The maximum absolute atomic E-state index is 14.3. The number of nitrogens with zero attached hydrogens (tertiary/aromatic N) is 1. The maximum Gasteiger partial charge on any atom is 0.207 e. The lowest BCUT2D eigenvalue weighted by atomic mass is 9.92. The molecule has 0 aromatic heterocycles. The SMILES string of the molecule is CCCCCC1CCN(P(=O)(c2ccccc2)c2ccccc2)CC1. The van der Waals surface area contributed by atoms with Gasteiger partial charge in [0.2, 0.25) is 7.29 Å². The third-order valence-electron chi connectivity index (χ3n) is 5.42. The zero-order valence-electron chi connectivity index (χ0n) is 15.3. The molecular formula is C22H30NOP. The highest BCUT2D eigenvalue weighted by Crippen LogP contribution is 2.49. The van der Waals surface area contributed by atoms with Crippen molar-refractivity contribution in [2.75, 3.05) is 13.1 Å². The van der Waals surface area contributed by atoms with Crippen LogP contribution in [0.1, 0.15) is 45.4 Å². The second kappa shape index (κ2) is 8.83. The molecule has 2 aromatic rings. The molecule has 0 saturated carbocycles. The van der Waals surface area contributed by atoms with E-state index in [4.69, 9.17) is 0 Å². The normalized spacial score (nSPS) is 16.8. The topological polar surface area (TPSA) is 20.3 Å². The third kappa shape index (κ3) is 4.25. The molecule has 0 aliphatic carbocycles. The summed E-state index contributed by atoms with van der Waals surface area (Å²) in [4.78, 5) is 0. The maximum atomic E-state index is 14.3. The molecule has 3 rings (SSSR count). The Morgan fingerprint density at radius 2 is 1.40 bits per heavy atom. The summed E-state index contributed by atoms with van der Waals surface area (Å²) in [5.74, 6) is 0.808. The van der Waals surface area contributed by atoms with Gasteiger partial charge in [-0.25, -0.2) is 4.67 Å². The molecule has 134 valence electrons. The van der Waals surface area contributed by atoms with Crippen LogP contribution in [-0.2, 0) is 4.57 Å². The molecule has 1 aliphatic heterocycles. The van der Waals surface area contributed by atoms with Crippen LogP contribution in [0.5, 0.6) is 0 Å². The molecule has 0 unspecified atom stereocenters. The molecule has 2 aromatic carbocycles. The second-order valence-electron chi connectivity index (χ2n) is 7.14. The van der Waals surface area contributed by atoms with Gasteiger partial charge in [-0.15, -0.1) is 0 Å². The van der Waals surface area contributed by atoms with Crippen molar-refractivity contribution in [3.8, 4) is 0 Å². The van der Waals surface area contributed by atoms with Gasteiger partial charge in [-0.05, 0) is 43.0 Å². The average molecular weight is 355 g/mol. The molecule has 0 bridgehead atoms. The number of unbranched alkanes of at least 4 members (excludes halogenated alkanes) is 2. The molecule has 0 N–H and O–H groups in total. The molecular weight excluding hydrogens is 325 g/mol. The van der Waals surface area contributed by atoms with Gasteiger partial charge in [-0.3, -0.25) is 4.57 Å². The monoisotopic (exact) mass is 355 g/mol. The number of rotatable bonds is 7. The van der Waals surface area contributed by atoms with Crippen LogP contribution in [0.2, 0.25) is 0 Å². The van der Waals surface area contributed by atoms with Crippen molar-refractivity contribution in [3.63, 3.8) is 0 Å². The average Bonchev–Trinajstić information content (AvgIpc) is 2.69. The Kier molecular flexibility index (Phi) is 6.51. The highest BCUT2D eigenvalue weighted by molar-refractivity contribution is 7.76. The molecule has 1 aliphatic rings. The Labute approximate surface area is 152 Å². The highest BCUT2D eigenvalue weighted by Gasteiger charge is 2.36. The van der Waals surface area contributed by atoms with Crippen LogP contribution in [0.4, 0.5) is 0 Å². The fraction of sp³-hybridized carbons (Fsp3) is 0.455. The van der Waals surface area contributed by atoms with Gasteiger partial charge < -0.3 is 0 Å². The Morgan fingerprint density at radius 3 is 1.88 bits per heavy atom. The van der Waals surface area contributed by atoms with E-state index in [-0.39, 0.29) is 0 Å². The van der Waals surface area contributed by atoms with Crippen LogP contribution in [0.25, 0.3) is 0 Å². The summed E-state index contributed by atoms with van der Waals surface area (Å²) in [7, 11) is -2.72. The van der Waals surface area contributed by atoms with Gasteiger partial charge in [-0.2, -0.15) is 0 Å². The molecule has 0 amide bonds. The Balaban J connectivity index is 1.79. The van der Waals surface area contributed by atoms with E-state index in [9.17, 15) is 4.57 Å². The predicted molar refractivity (Wildman–Crippen MR) is 108 cm³/mol. The summed E-state index contributed by atoms with van der Waals surface area (Å²) in [5.41, 5.74) is 0. The molecule has 2 nitrogen and oxygen atoms in total. The zero-order chi connectivity index (χ0) is 17.5. The lowest BCUT2D eigenvalue weighted by Gasteiger charge is -2.38. The Hall–Kier alpha value is -1.37. The summed E-state index contributed by atoms with van der Waals surface area (Å²) >= 11 is 0. The van der Waals surface area contributed by atoms with E-state index < -0.39 is 7.29 Å². The first-order chi connectivity index (χ1) is 12.2. The summed E-state index contributed by atoms with van der Waals surface area (Å²) in [5, 5.41) is 1.93. The van der Waals surface area contributed by atoms with Gasteiger partial charge in [0.15, 0.2) is 0 Å². The van der Waals surface area contributed by atoms with E-state index in [2.05, 4.69) is 11.6 Å². The lowest BCUT2D eigenvalue weighted by Crippen LogP contribution is -2.38. The van der Waals surface area contributed by atoms with Crippen molar-refractivity contribution in [1.82, 2.24) is 4.67 Å². The van der Waals surface area contributed by atoms with Gasteiger partial charge >= 0.3 is 0 Å². The van der Waals surface area contributed by atoms with Crippen LogP contribution in [0.3, 0.4) is 0 Å². The molecule has 25 heavy (non-hydrogen) atoms. The Morgan fingerprint density at radius 1 is 0.880 bits per heavy atom. The molecule has 0 atom stereocenters. The number of piperidine rings is 1. The van der Waals surface area contributed by atoms with E-state index in [0.29, 0.717) is 0 Å². The summed E-state index contributed by atoms with van der Waals surface area (Å²) in [6, 6.07) is 20.1. The largest absolute Gasteiger partial charge is 0.296 e. The summed E-state index contributed by atoms with van der Waals surface area (Å²) in [6.45, 7) is 4.15. The lowest BCUT2D eigenvalue weighted by molar-refractivity contribution is 0.261. The number of hydrogen-bond donors (Lipinski definition) is 0. The van der Waals surface area contributed by atoms with E-state index >= 15 is 0 Å². The molecule has 3 heteroatoms. The van der Waals surface area contributed by atoms with E-state index in [1.54, 1.807) is 0 Å². The molecule has 1 fully saturated rings. The van der Waals surface area contributed by atoms with Crippen molar-refractivity contribution >= 4 is 17.9 Å². The van der Waals surface area contributed by atoms with Crippen molar-refractivity contribution < 1.29 is 4.57 Å². The standard InChI is InChI=1S/C22H30NOP/c1-2-3-6-11-20-16-18-23(19-17-20)25(24,21-12-7-4-8-13-21)22-14-9-5-10-15-22/h4-5,7-10,12-15,20H,2-3,6,11,16-19H2,1H3. The van der Waals surface area contributed by atoms with Crippen molar-refractivity contribution in [1.29, 1.82) is 0 Å². The molecule has 1 saturated heterocycles.